The zero-order valence-corrected chi connectivity index (χ0v) is 11.4. The highest BCUT2D eigenvalue weighted by atomic mass is 79.9. The summed E-state index contributed by atoms with van der Waals surface area (Å²) in [5.74, 6) is 0. The maximum atomic E-state index is 4.32. The molecule has 1 aromatic carbocycles. The number of aromatic nitrogens is 1. The number of hydrogen-bond donors (Lipinski definition) is 0. The molecule has 0 aliphatic rings. The summed E-state index contributed by atoms with van der Waals surface area (Å²) in [4.78, 5) is 6.56. The lowest BCUT2D eigenvalue weighted by Crippen LogP contribution is -2.20. The van der Waals surface area contributed by atoms with Crippen LogP contribution in [0.3, 0.4) is 0 Å². The number of anilines is 1. The molecule has 0 amide bonds. The smallest absolute Gasteiger partial charge is 0.0421 e. The van der Waals surface area contributed by atoms with E-state index in [0.29, 0.717) is 0 Å². The van der Waals surface area contributed by atoms with E-state index in [2.05, 4.69) is 63.2 Å². The number of likely N-dealkylation sites (N-methyl/N-ethyl adjacent to an activating group) is 1. The van der Waals surface area contributed by atoms with Gasteiger partial charge in [-0.2, -0.15) is 0 Å². The van der Waals surface area contributed by atoms with Crippen molar-refractivity contribution in [3.05, 3.63) is 58.8 Å². The number of benzene rings is 1. The lowest BCUT2D eigenvalue weighted by atomic mass is 10.2. The van der Waals surface area contributed by atoms with Gasteiger partial charge in [-0.3, -0.25) is 4.98 Å². The van der Waals surface area contributed by atoms with Crippen LogP contribution in [0.1, 0.15) is 5.69 Å². The molecular weight excluding hydrogens is 276 g/mol. The van der Waals surface area contributed by atoms with Crippen LogP contribution >= 0.6 is 15.9 Å². The molecule has 0 saturated carbocycles. The highest BCUT2D eigenvalue weighted by Gasteiger charge is 2.01. The Hall–Kier alpha value is -1.35. The summed E-state index contributed by atoms with van der Waals surface area (Å²) >= 11 is 3.44. The molecule has 1 aromatic heterocycles. The van der Waals surface area contributed by atoms with Crippen molar-refractivity contribution in [2.45, 2.75) is 6.42 Å². The fourth-order valence-corrected chi connectivity index (χ4v) is 1.92. The SMILES string of the molecule is CN(CCc1ccccn1)c1ccc(Br)cc1. The second-order valence-corrected chi connectivity index (χ2v) is 4.88. The molecule has 0 fully saturated rings. The Bertz CT molecular complexity index is 453. The van der Waals surface area contributed by atoms with Crippen LogP contribution in [0.25, 0.3) is 0 Å². The van der Waals surface area contributed by atoms with Gasteiger partial charge in [0, 0.05) is 42.1 Å². The van der Waals surface area contributed by atoms with Gasteiger partial charge in [-0.15, -0.1) is 0 Å². The molecule has 0 saturated heterocycles. The second-order valence-electron chi connectivity index (χ2n) is 3.97. The van der Waals surface area contributed by atoms with Crippen LogP contribution in [0.5, 0.6) is 0 Å². The molecule has 0 aliphatic heterocycles. The Morgan fingerprint density at radius 1 is 1.12 bits per heavy atom. The fraction of sp³-hybridized carbons (Fsp3) is 0.214. The van der Waals surface area contributed by atoms with E-state index in [-0.39, 0.29) is 0 Å². The van der Waals surface area contributed by atoms with Gasteiger partial charge in [0.15, 0.2) is 0 Å². The molecule has 1 heterocycles. The van der Waals surface area contributed by atoms with Crippen molar-refractivity contribution in [1.82, 2.24) is 4.98 Å². The lowest BCUT2D eigenvalue weighted by Gasteiger charge is -2.19. The third kappa shape index (κ3) is 3.56. The maximum absolute atomic E-state index is 4.32. The van der Waals surface area contributed by atoms with Gasteiger partial charge in [-0.1, -0.05) is 22.0 Å². The minimum absolute atomic E-state index is 0.966. The molecule has 0 atom stereocenters. The van der Waals surface area contributed by atoms with Gasteiger partial charge in [-0.05, 0) is 36.4 Å². The molecule has 2 nitrogen and oxygen atoms in total. The summed E-state index contributed by atoms with van der Waals surface area (Å²) < 4.78 is 1.11. The molecule has 0 N–H and O–H groups in total. The summed E-state index contributed by atoms with van der Waals surface area (Å²) in [5.41, 5.74) is 2.36. The van der Waals surface area contributed by atoms with Crippen molar-refractivity contribution in [3.8, 4) is 0 Å². The average Bonchev–Trinajstić information content (AvgIpc) is 2.38. The quantitative estimate of drug-likeness (QED) is 0.856. The first-order valence-electron chi connectivity index (χ1n) is 5.62. The first-order valence-corrected chi connectivity index (χ1v) is 6.41. The predicted octanol–water partition coefficient (Wildman–Crippen LogP) is 3.52. The monoisotopic (exact) mass is 290 g/mol. The second kappa shape index (κ2) is 5.82. The fourth-order valence-electron chi connectivity index (χ4n) is 1.65. The normalized spacial score (nSPS) is 10.2. The Balaban J connectivity index is 1.93. The molecule has 3 heteroatoms. The summed E-state index contributed by atoms with van der Waals surface area (Å²) in [6.07, 6.45) is 2.81. The molecule has 0 unspecified atom stereocenters. The van der Waals surface area contributed by atoms with E-state index in [0.717, 1.165) is 23.1 Å². The van der Waals surface area contributed by atoms with Gasteiger partial charge in [0.25, 0.3) is 0 Å². The Morgan fingerprint density at radius 3 is 2.53 bits per heavy atom. The molecule has 2 rings (SSSR count). The van der Waals surface area contributed by atoms with Crippen LogP contribution in [0, 0.1) is 0 Å². The molecule has 0 aliphatic carbocycles. The van der Waals surface area contributed by atoms with Gasteiger partial charge < -0.3 is 4.90 Å². The van der Waals surface area contributed by atoms with Gasteiger partial charge in [0.1, 0.15) is 0 Å². The third-order valence-electron chi connectivity index (χ3n) is 2.70. The van der Waals surface area contributed by atoms with Crippen LogP contribution in [0.15, 0.2) is 53.1 Å². The standard InChI is InChI=1S/C14H15BrN2/c1-17(14-7-5-12(15)6-8-14)11-9-13-4-2-3-10-16-13/h2-8,10H,9,11H2,1H3. The summed E-state index contributed by atoms with van der Waals surface area (Å²) in [5, 5.41) is 0. The zero-order valence-electron chi connectivity index (χ0n) is 9.81. The molecule has 0 spiro atoms. The van der Waals surface area contributed by atoms with Gasteiger partial charge in [-0.25, -0.2) is 0 Å². The Kier molecular flexibility index (Phi) is 4.15. The summed E-state index contributed by atoms with van der Waals surface area (Å²) in [6, 6.07) is 14.4. The topological polar surface area (TPSA) is 16.1 Å². The minimum atomic E-state index is 0.966. The lowest BCUT2D eigenvalue weighted by molar-refractivity contribution is 0.852. The number of nitrogens with zero attached hydrogens (tertiary/aromatic N) is 2. The van der Waals surface area contributed by atoms with Crippen molar-refractivity contribution in [1.29, 1.82) is 0 Å². The number of halogens is 1. The predicted molar refractivity (Wildman–Crippen MR) is 75.4 cm³/mol. The Morgan fingerprint density at radius 2 is 1.88 bits per heavy atom. The summed E-state index contributed by atoms with van der Waals surface area (Å²) in [6.45, 7) is 0.971. The van der Waals surface area contributed by atoms with Crippen molar-refractivity contribution in [3.63, 3.8) is 0 Å². The highest BCUT2D eigenvalue weighted by molar-refractivity contribution is 9.10. The van der Waals surface area contributed by atoms with E-state index in [1.165, 1.54) is 5.69 Å². The number of pyridine rings is 1. The van der Waals surface area contributed by atoms with Crippen LogP contribution in [0.4, 0.5) is 5.69 Å². The minimum Gasteiger partial charge on any atom is -0.374 e. The van der Waals surface area contributed by atoms with E-state index >= 15 is 0 Å². The molecule has 88 valence electrons. The van der Waals surface area contributed by atoms with Crippen molar-refractivity contribution >= 4 is 21.6 Å². The maximum Gasteiger partial charge on any atom is 0.0421 e. The number of rotatable bonds is 4. The average molecular weight is 291 g/mol. The molecule has 0 bridgehead atoms. The molecule has 2 aromatic rings. The highest BCUT2D eigenvalue weighted by Crippen LogP contribution is 2.17. The van der Waals surface area contributed by atoms with Crippen LogP contribution in [0.2, 0.25) is 0 Å². The van der Waals surface area contributed by atoms with E-state index in [9.17, 15) is 0 Å². The van der Waals surface area contributed by atoms with E-state index in [4.69, 9.17) is 0 Å². The molecular formula is C14H15BrN2. The summed E-state index contributed by atoms with van der Waals surface area (Å²) in [7, 11) is 2.10. The molecule has 17 heavy (non-hydrogen) atoms. The van der Waals surface area contributed by atoms with Gasteiger partial charge >= 0.3 is 0 Å². The zero-order chi connectivity index (χ0) is 12.1. The van der Waals surface area contributed by atoms with E-state index < -0.39 is 0 Å². The van der Waals surface area contributed by atoms with E-state index in [1.54, 1.807) is 0 Å². The van der Waals surface area contributed by atoms with Crippen LogP contribution in [-0.2, 0) is 6.42 Å². The number of hydrogen-bond acceptors (Lipinski definition) is 2. The van der Waals surface area contributed by atoms with Crippen molar-refractivity contribution in [2.75, 3.05) is 18.5 Å². The largest absolute Gasteiger partial charge is 0.374 e. The van der Waals surface area contributed by atoms with Crippen LogP contribution in [-0.4, -0.2) is 18.6 Å². The first kappa shape index (κ1) is 12.1. The van der Waals surface area contributed by atoms with E-state index in [1.807, 2.05) is 18.3 Å². The Labute approximate surface area is 110 Å². The van der Waals surface area contributed by atoms with Crippen LogP contribution < -0.4 is 4.90 Å². The van der Waals surface area contributed by atoms with Crippen molar-refractivity contribution < 1.29 is 0 Å². The van der Waals surface area contributed by atoms with Crippen molar-refractivity contribution in [2.24, 2.45) is 0 Å². The first-order chi connectivity index (χ1) is 8.25. The molecule has 0 radical (unpaired) electrons. The van der Waals surface area contributed by atoms with Gasteiger partial charge in [0.05, 0.1) is 0 Å². The third-order valence-corrected chi connectivity index (χ3v) is 3.23. The van der Waals surface area contributed by atoms with Gasteiger partial charge in [0.2, 0.25) is 0 Å².